The molecule has 0 atom stereocenters. The van der Waals surface area contributed by atoms with Crippen LogP contribution in [0, 0.1) is 0 Å². The van der Waals surface area contributed by atoms with Crippen LogP contribution in [0.5, 0.6) is 0 Å². The molecule has 7 heterocycles. The molecule has 0 fully saturated rings. The molecular weight excluding hydrogens is 1170 g/mol. The Kier molecular flexibility index (Phi) is 8.43. The first-order chi connectivity index (χ1) is 53.6. The maximum absolute atomic E-state index is 9.78. The number of hydrogen-bond donors (Lipinski definition) is 0. The van der Waals surface area contributed by atoms with Crippen molar-refractivity contribution < 1.29 is 20.6 Å². The number of nitrogens with zero attached hydrogens (tertiary/aromatic N) is 4. The molecule has 0 amide bonds. The fraction of sp³-hybridized carbons (Fsp3) is 0.0870. The molecule has 0 aliphatic carbocycles. The van der Waals surface area contributed by atoms with E-state index in [0.29, 0.717) is 33.0 Å². The van der Waals surface area contributed by atoms with Crippen LogP contribution in [-0.2, 0) is 10.8 Å². The Morgan fingerprint density at radius 3 is 1.33 bits per heavy atom. The summed E-state index contributed by atoms with van der Waals surface area (Å²) in [6.07, 6.45) is 0. The molecule has 0 spiro atoms. The van der Waals surface area contributed by atoms with Crippen molar-refractivity contribution in [2.24, 2.45) is 0 Å². The summed E-state index contributed by atoms with van der Waals surface area (Å²) in [5.41, 5.74) is 15.5. The number of rotatable bonds is 4. The van der Waals surface area contributed by atoms with Crippen LogP contribution in [0.25, 0.3) is 176 Å². The maximum Gasteiger partial charge on any atom is 0.252 e. The van der Waals surface area contributed by atoms with Gasteiger partial charge in [-0.05, 0) is 172 Å². The normalized spacial score (nSPS) is 15.2. The van der Waals surface area contributed by atoms with E-state index < -0.39 is 73.2 Å². The Balaban J connectivity index is 1.02. The molecule has 0 saturated carbocycles. The fourth-order valence-electron chi connectivity index (χ4n) is 16.9. The maximum atomic E-state index is 9.78. The third-order valence-electron chi connectivity index (χ3n) is 21.2. The fourth-order valence-corrected chi connectivity index (χ4v) is 16.9. The number of hydrogen-bond acceptors (Lipinski definition) is 0. The van der Waals surface area contributed by atoms with Crippen LogP contribution < -0.4 is 16.4 Å². The molecule has 456 valence electrons. The van der Waals surface area contributed by atoms with Crippen molar-refractivity contribution in [1.82, 2.24) is 18.1 Å². The van der Waals surface area contributed by atoms with Gasteiger partial charge >= 0.3 is 0 Å². The summed E-state index contributed by atoms with van der Waals surface area (Å²) in [6, 6.07) is 61.2. The zero-order valence-corrected chi connectivity index (χ0v) is 53.8. The Labute approximate surface area is 582 Å². The van der Waals surface area contributed by atoms with Gasteiger partial charge < -0.3 is 18.1 Å². The van der Waals surface area contributed by atoms with Gasteiger partial charge in [0.05, 0.1) is 64.9 Å². The highest BCUT2D eigenvalue weighted by atomic mass is 15.1. The van der Waals surface area contributed by atoms with Crippen molar-refractivity contribution in [2.75, 3.05) is 0 Å². The van der Waals surface area contributed by atoms with Crippen LogP contribution >= 0.6 is 0 Å². The van der Waals surface area contributed by atoms with Crippen LogP contribution in [0.2, 0.25) is 0 Å². The summed E-state index contributed by atoms with van der Waals surface area (Å²) in [5, 5.41) is 12.9. The average molecular weight is 1250 g/mol. The minimum atomic E-state index is -0.771. The van der Waals surface area contributed by atoms with Gasteiger partial charge in [0.2, 0.25) is 0 Å². The number of aromatic nitrogens is 4. The average Bonchev–Trinajstić information content (AvgIpc) is 1.47. The molecule has 0 bridgehead atoms. The molecule has 5 heteroatoms. The van der Waals surface area contributed by atoms with Crippen molar-refractivity contribution in [3.05, 3.63) is 296 Å². The molecule has 0 N–H and O–H groups in total. The van der Waals surface area contributed by atoms with E-state index >= 15 is 0 Å². The summed E-state index contributed by atoms with van der Waals surface area (Å²) in [5.74, 6) is 0. The van der Waals surface area contributed by atoms with E-state index in [0.717, 1.165) is 153 Å². The highest BCUT2D eigenvalue weighted by Gasteiger charge is 2.44. The summed E-state index contributed by atoms with van der Waals surface area (Å²) in [7, 11) is 0. The monoisotopic (exact) mass is 1250 g/mol. The second-order valence-corrected chi connectivity index (χ2v) is 28.5. The molecule has 0 saturated heterocycles. The minimum Gasteiger partial charge on any atom is -0.310 e. The Morgan fingerprint density at radius 2 is 0.742 bits per heavy atom. The first kappa shape index (κ1) is 41.9. The lowest BCUT2D eigenvalue weighted by Crippen LogP contribution is -2.59. The van der Waals surface area contributed by atoms with E-state index in [9.17, 15) is 11.0 Å². The first-order valence-corrected chi connectivity index (χ1v) is 33.1. The van der Waals surface area contributed by atoms with E-state index in [1.807, 2.05) is 42.5 Å². The Morgan fingerprint density at radius 1 is 0.299 bits per heavy atom. The van der Waals surface area contributed by atoms with E-state index in [1.54, 1.807) is 6.07 Å². The number of para-hydroxylation sites is 2. The van der Waals surface area contributed by atoms with Gasteiger partial charge in [0.15, 0.2) is 0 Å². The van der Waals surface area contributed by atoms with Crippen LogP contribution in [-0.4, -0.2) is 24.8 Å². The molecule has 21 rings (SSSR count). The molecule has 2 aliphatic rings. The zero-order valence-electron chi connectivity index (χ0n) is 68.8. The smallest absolute Gasteiger partial charge is 0.252 e. The van der Waals surface area contributed by atoms with Crippen molar-refractivity contribution in [3.63, 3.8) is 0 Å². The van der Waals surface area contributed by atoms with E-state index in [4.69, 9.17) is 9.60 Å². The van der Waals surface area contributed by atoms with Gasteiger partial charge in [0, 0.05) is 76.3 Å². The molecule has 2 aliphatic heterocycles. The summed E-state index contributed by atoms with van der Waals surface area (Å²) >= 11 is 0. The van der Waals surface area contributed by atoms with Crippen molar-refractivity contribution in [1.29, 1.82) is 0 Å². The van der Waals surface area contributed by atoms with Crippen LogP contribution in [0.1, 0.15) is 73.2 Å². The van der Waals surface area contributed by atoms with Gasteiger partial charge in [-0.3, -0.25) is 0 Å². The van der Waals surface area contributed by atoms with Crippen molar-refractivity contribution in [2.45, 2.75) is 52.4 Å². The highest BCUT2D eigenvalue weighted by Crippen LogP contribution is 2.49. The molecule has 5 aromatic heterocycles. The van der Waals surface area contributed by atoms with Crippen molar-refractivity contribution in [3.8, 4) is 50.4 Å². The van der Waals surface area contributed by atoms with Crippen molar-refractivity contribution >= 4 is 148 Å². The third kappa shape index (κ3) is 7.54. The van der Waals surface area contributed by atoms with Gasteiger partial charge in [0.25, 0.3) is 6.71 Å². The van der Waals surface area contributed by atoms with Gasteiger partial charge in [-0.25, -0.2) is 0 Å². The van der Waals surface area contributed by atoms with Gasteiger partial charge in [0.1, 0.15) is 0 Å². The first-order valence-electron chi connectivity index (χ1n) is 40.6. The largest absolute Gasteiger partial charge is 0.310 e. The van der Waals surface area contributed by atoms with E-state index in [2.05, 4.69) is 205 Å². The second-order valence-electron chi connectivity index (χ2n) is 28.5. The summed E-state index contributed by atoms with van der Waals surface area (Å²) in [4.78, 5) is 0. The molecule has 0 radical (unpaired) electrons. The number of fused-ring (bicyclic) bond motifs is 24. The standard InChI is InChI=1S/C92H65BN4/c1-91(2,3)60-39-43-79-72(49-60)73-50-61(92(4,5)6)40-44-80(73)94(79)62-51-75-71-46-58(55-25-12-8-13-26-55)38-42-82(71)97-89(75)77(52-62)93-76-48-59(56-27-14-9-15-28-56)47-74-70-45-57(54-23-10-7-11-24-54)37-41-81(70)96(88(74)76)84-53-83-85(90(97)86(84)93)69-35-22-34-68-66-32-19-17-30-64(66)63-29-16-18-31-65(63)67-33-20-21-36-78(67)95(83)87(68)69/h7-53H,1-6H3/i7D,8D,9D,10D,11D,12D,13D,14D,15D,23D,24D,25D,26D,27D,28D. The SMILES string of the molecule is [2H]c1c([2H])c([2H])c(-c2ccc3c(c2)c2cc(-c4c([2H])c([2H])c([2H])c([2H])c4[2H])cc4c2n3-c2cc3c(c5c2B4c2cc(-n4c6ccc(C(C)(C)C)cc6c6cc(C(C)(C)C)ccc64)cc4c6cc(-c7c([2H])c([2H])c([2H])c([2H])c7[2H])ccc6n-5c24)c2cccc4c5ccccc5c5ccccc5c5ccccc5n3c42)c([2H])c1[2H]. The number of benzene rings is 14. The zero-order chi connectivity index (χ0) is 77.5. The Hall–Kier alpha value is -11.7. The Bertz CT molecular complexity index is 7580. The van der Waals surface area contributed by atoms with Crippen LogP contribution in [0.4, 0.5) is 0 Å². The minimum absolute atomic E-state index is 0.000155. The van der Waals surface area contributed by atoms with Gasteiger partial charge in [-0.15, -0.1) is 0 Å². The quantitative estimate of drug-likeness (QED) is 0.157. The van der Waals surface area contributed by atoms with Gasteiger partial charge in [-0.1, -0.05) is 247 Å². The molecule has 0 unspecified atom stereocenters. The van der Waals surface area contributed by atoms with E-state index in [1.165, 1.54) is 0 Å². The van der Waals surface area contributed by atoms with Crippen LogP contribution in [0.15, 0.2) is 285 Å². The van der Waals surface area contributed by atoms with E-state index in [-0.39, 0.29) is 51.7 Å². The van der Waals surface area contributed by atoms with Gasteiger partial charge in [-0.2, -0.15) is 0 Å². The lowest BCUT2D eigenvalue weighted by Gasteiger charge is -2.35. The summed E-state index contributed by atoms with van der Waals surface area (Å²) in [6.45, 7) is 12.6. The molecular formula is C92H65BN4. The highest BCUT2D eigenvalue weighted by molar-refractivity contribution is 7.00. The molecule has 19 aromatic rings. The lowest BCUT2D eigenvalue weighted by molar-refractivity contribution is 0.590. The topological polar surface area (TPSA) is 19.2 Å². The predicted molar refractivity (Wildman–Crippen MR) is 415 cm³/mol. The predicted octanol–water partition coefficient (Wildman–Crippen LogP) is 22.3. The second kappa shape index (κ2) is 19.5. The summed E-state index contributed by atoms with van der Waals surface area (Å²) < 4.78 is 147. The third-order valence-corrected chi connectivity index (χ3v) is 21.2. The molecule has 97 heavy (non-hydrogen) atoms. The molecule has 14 aromatic carbocycles. The molecule has 4 nitrogen and oxygen atoms in total. The van der Waals surface area contributed by atoms with Crippen LogP contribution in [0.3, 0.4) is 0 Å². The lowest BCUT2D eigenvalue weighted by atomic mass is 9.34.